The normalized spacial score (nSPS) is 15.3. The average molecular weight is 495 g/mol. The highest BCUT2D eigenvalue weighted by Crippen LogP contribution is 2.37. The van der Waals surface area contributed by atoms with Crippen molar-refractivity contribution in [3.8, 4) is 17.2 Å². The van der Waals surface area contributed by atoms with Crippen LogP contribution >= 0.6 is 11.3 Å². The Morgan fingerprint density at radius 3 is 2.51 bits per heavy atom. The molecule has 2 heterocycles. The molecule has 182 valence electrons. The van der Waals surface area contributed by atoms with Gasteiger partial charge in [-0.2, -0.15) is 0 Å². The molecule has 0 spiro atoms. The summed E-state index contributed by atoms with van der Waals surface area (Å²) in [5.74, 6) is 1.18. The molecule has 0 saturated heterocycles. The first kappa shape index (κ1) is 24.3. The fraction of sp³-hybridized carbons (Fsp3) is 0.269. The maximum Gasteiger partial charge on any atom is 0.338 e. The van der Waals surface area contributed by atoms with Crippen LogP contribution in [0.1, 0.15) is 31.0 Å². The predicted molar refractivity (Wildman–Crippen MR) is 133 cm³/mol. The van der Waals surface area contributed by atoms with Crippen molar-refractivity contribution in [3.63, 3.8) is 0 Å². The zero-order chi connectivity index (χ0) is 25.1. The molecule has 0 saturated carbocycles. The molecule has 2 aromatic carbocycles. The van der Waals surface area contributed by atoms with E-state index in [1.54, 1.807) is 52.3 Å². The number of esters is 1. The van der Waals surface area contributed by atoms with E-state index in [9.17, 15) is 9.59 Å². The number of aromatic nitrogens is 1. The van der Waals surface area contributed by atoms with Crippen LogP contribution in [0.5, 0.6) is 17.2 Å². The molecule has 1 aromatic heterocycles. The third-order valence-corrected chi connectivity index (χ3v) is 6.66. The molecule has 1 aliphatic rings. The Labute approximate surface area is 206 Å². The fourth-order valence-electron chi connectivity index (χ4n) is 4.07. The van der Waals surface area contributed by atoms with Crippen molar-refractivity contribution in [2.24, 2.45) is 4.99 Å². The van der Waals surface area contributed by atoms with Crippen molar-refractivity contribution in [1.82, 2.24) is 4.57 Å². The Morgan fingerprint density at radius 1 is 1.09 bits per heavy atom. The quantitative estimate of drug-likeness (QED) is 0.470. The van der Waals surface area contributed by atoms with Gasteiger partial charge in [0.15, 0.2) is 4.80 Å². The van der Waals surface area contributed by atoms with Crippen LogP contribution in [-0.2, 0) is 9.53 Å². The van der Waals surface area contributed by atoms with Gasteiger partial charge in [-0.05, 0) is 44.2 Å². The number of thiazole rings is 1. The lowest BCUT2D eigenvalue weighted by atomic mass is 9.94. The SMILES string of the molecule is CCOC(=O)C1=C(C)N=c2s/c(=C/c3ccccc3OC)c(=O)n2[C@H]1c1cc(OC)ccc1OC. The minimum absolute atomic E-state index is 0.190. The third kappa shape index (κ3) is 4.46. The predicted octanol–water partition coefficient (Wildman–Crippen LogP) is 2.82. The minimum atomic E-state index is -0.810. The maximum atomic E-state index is 13.8. The van der Waals surface area contributed by atoms with Gasteiger partial charge in [-0.25, -0.2) is 9.79 Å². The molecule has 8 nitrogen and oxygen atoms in total. The zero-order valence-corrected chi connectivity index (χ0v) is 21.0. The lowest BCUT2D eigenvalue weighted by Gasteiger charge is -2.26. The molecular formula is C26H26N2O6S. The molecule has 3 aromatic rings. The number of fused-ring (bicyclic) bond motifs is 1. The number of carbonyl (C=O) groups excluding carboxylic acids is 1. The van der Waals surface area contributed by atoms with Crippen LogP contribution in [0.4, 0.5) is 0 Å². The van der Waals surface area contributed by atoms with Crippen molar-refractivity contribution >= 4 is 23.4 Å². The number of hydrogen-bond donors (Lipinski definition) is 0. The Kier molecular flexibility index (Phi) is 7.07. The Bertz CT molecular complexity index is 1480. The first-order chi connectivity index (χ1) is 16.9. The molecule has 1 atom stereocenters. The molecule has 0 unspecified atom stereocenters. The molecule has 0 radical (unpaired) electrons. The van der Waals surface area contributed by atoms with E-state index in [0.717, 1.165) is 5.56 Å². The molecule has 0 aliphatic carbocycles. The topological polar surface area (TPSA) is 88.4 Å². The highest BCUT2D eigenvalue weighted by Gasteiger charge is 2.35. The van der Waals surface area contributed by atoms with Gasteiger partial charge in [0.1, 0.15) is 23.3 Å². The van der Waals surface area contributed by atoms with Gasteiger partial charge in [0.2, 0.25) is 0 Å². The molecule has 0 fully saturated rings. The van der Waals surface area contributed by atoms with Crippen LogP contribution in [0.2, 0.25) is 0 Å². The molecule has 35 heavy (non-hydrogen) atoms. The van der Waals surface area contributed by atoms with E-state index in [-0.39, 0.29) is 17.7 Å². The largest absolute Gasteiger partial charge is 0.497 e. The van der Waals surface area contributed by atoms with Gasteiger partial charge >= 0.3 is 5.97 Å². The molecule has 1 aliphatic heterocycles. The maximum absolute atomic E-state index is 13.8. The second kappa shape index (κ2) is 10.2. The second-order valence-electron chi connectivity index (χ2n) is 7.65. The van der Waals surface area contributed by atoms with E-state index < -0.39 is 12.0 Å². The lowest BCUT2D eigenvalue weighted by molar-refractivity contribution is -0.139. The van der Waals surface area contributed by atoms with Gasteiger partial charge in [0.05, 0.1) is 43.7 Å². The number of carbonyl (C=O) groups is 1. The number of nitrogens with zero attached hydrogens (tertiary/aromatic N) is 2. The van der Waals surface area contributed by atoms with Crippen LogP contribution in [0.3, 0.4) is 0 Å². The molecule has 4 rings (SSSR count). The van der Waals surface area contributed by atoms with E-state index in [1.165, 1.54) is 23.0 Å². The Balaban J connectivity index is 2.03. The number of methoxy groups -OCH3 is 3. The number of benzene rings is 2. The summed E-state index contributed by atoms with van der Waals surface area (Å²) in [5.41, 5.74) is 1.81. The van der Waals surface area contributed by atoms with Crippen molar-refractivity contribution in [2.75, 3.05) is 27.9 Å². The summed E-state index contributed by atoms with van der Waals surface area (Å²) < 4.78 is 23.8. The van der Waals surface area contributed by atoms with Gasteiger partial charge in [0, 0.05) is 11.1 Å². The van der Waals surface area contributed by atoms with Crippen LogP contribution in [0, 0.1) is 0 Å². The van der Waals surface area contributed by atoms with Gasteiger partial charge in [0.25, 0.3) is 5.56 Å². The zero-order valence-electron chi connectivity index (χ0n) is 20.2. The minimum Gasteiger partial charge on any atom is -0.497 e. The van der Waals surface area contributed by atoms with Crippen LogP contribution in [0.15, 0.2) is 63.5 Å². The molecular weight excluding hydrogens is 468 g/mol. The van der Waals surface area contributed by atoms with Crippen LogP contribution in [0.25, 0.3) is 6.08 Å². The van der Waals surface area contributed by atoms with E-state index in [1.807, 2.05) is 24.3 Å². The van der Waals surface area contributed by atoms with Crippen molar-refractivity contribution in [3.05, 3.63) is 84.5 Å². The Morgan fingerprint density at radius 2 is 1.83 bits per heavy atom. The number of para-hydroxylation sites is 1. The van der Waals surface area contributed by atoms with Crippen molar-refractivity contribution < 1.29 is 23.7 Å². The van der Waals surface area contributed by atoms with E-state index in [4.69, 9.17) is 18.9 Å². The summed E-state index contributed by atoms with van der Waals surface area (Å²) in [6.07, 6.45) is 1.77. The van der Waals surface area contributed by atoms with Crippen molar-refractivity contribution in [1.29, 1.82) is 0 Å². The van der Waals surface area contributed by atoms with Gasteiger partial charge in [-0.3, -0.25) is 9.36 Å². The van der Waals surface area contributed by atoms with Crippen LogP contribution < -0.4 is 29.1 Å². The highest BCUT2D eigenvalue weighted by molar-refractivity contribution is 7.07. The second-order valence-corrected chi connectivity index (χ2v) is 8.66. The summed E-state index contributed by atoms with van der Waals surface area (Å²) in [6, 6.07) is 11.9. The standard InChI is InChI=1S/C26H26N2O6S/c1-6-34-25(30)22-15(2)27-26-28(23(22)18-14-17(31-3)11-12-20(18)33-5)24(29)21(35-26)13-16-9-7-8-10-19(16)32-4/h7-14,23H,6H2,1-5H3/b21-13+/t23-/m0/s1. The number of hydrogen-bond acceptors (Lipinski definition) is 8. The first-order valence-electron chi connectivity index (χ1n) is 11.0. The number of allylic oxidation sites excluding steroid dienone is 1. The summed E-state index contributed by atoms with van der Waals surface area (Å²) in [7, 11) is 4.67. The summed E-state index contributed by atoms with van der Waals surface area (Å²) in [5, 5.41) is 0. The summed E-state index contributed by atoms with van der Waals surface area (Å²) in [4.78, 5) is 32.0. The average Bonchev–Trinajstić information content (AvgIpc) is 3.17. The molecule has 0 amide bonds. The van der Waals surface area contributed by atoms with Crippen molar-refractivity contribution in [2.45, 2.75) is 19.9 Å². The highest BCUT2D eigenvalue weighted by atomic mass is 32.1. The molecule has 0 N–H and O–H groups in total. The first-order valence-corrected chi connectivity index (χ1v) is 11.8. The smallest absolute Gasteiger partial charge is 0.338 e. The number of rotatable bonds is 7. The number of ether oxygens (including phenoxy) is 4. The third-order valence-electron chi connectivity index (χ3n) is 5.67. The fourth-order valence-corrected chi connectivity index (χ4v) is 5.10. The van der Waals surface area contributed by atoms with Gasteiger partial charge < -0.3 is 18.9 Å². The lowest BCUT2D eigenvalue weighted by Crippen LogP contribution is -2.40. The monoisotopic (exact) mass is 494 g/mol. The van der Waals surface area contributed by atoms with Crippen LogP contribution in [-0.4, -0.2) is 38.5 Å². The summed E-state index contributed by atoms with van der Waals surface area (Å²) in [6.45, 7) is 3.66. The van der Waals surface area contributed by atoms with Gasteiger partial charge in [-0.1, -0.05) is 29.5 Å². The van der Waals surface area contributed by atoms with E-state index in [2.05, 4.69) is 4.99 Å². The summed E-state index contributed by atoms with van der Waals surface area (Å²) >= 11 is 1.24. The van der Waals surface area contributed by atoms with Gasteiger partial charge in [-0.15, -0.1) is 0 Å². The molecule has 9 heteroatoms. The Hall–Kier alpha value is -3.85. The van der Waals surface area contributed by atoms with E-state index >= 15 is 0 Å². The molecule has 0 bridgehead atoms. The van der Waals surface area contributed by atoms with E-state index in [0.29, 0.717) is 37.8 Å².